The van der Waals surface area contributed by atoms with Crippen molar-refractivity contribution in [1.29, 1.82) is 0 Å². The predicted molar refractivity (Wildman–Crippen MR) is 88.3 cm³/mol. The first kappa shape index (κ1) is 16.1. The molecule has 2 aromatic rings. The molecule has 0 saturated heterocycles. The van der Waals surface area contributed by atoms with Crippen LogP contribution in [0.2, 0.25) is 10.0 Å². The maximum Gasteiger partial charge on any atom is 0.225 e. The maximum absolute atomic E-state index is 11.9. The third-order valence-corrected chi connectivity index (χ3v) is 4.47. The summed E-state index contributed by atoms with van der Waals surface area (Å²) in [5.41, 5.74) is 6.46. The third kappa shape index (κ3) is 4.33. The molecular formula is C14H14Cl2N2O2S. The number of carbonyl (C=O) groups excluding carboxylic acids is 1. The van der Waals surface area contributed by atoms with E-state index in [2.05, 4.69) is 5.32 Å². The molecule has 1 aromatic heterocycles. The molecule has 0 spiro atoms. The van der Waals surface area contributed by atoms with Gasteiger partial charge in [0.2, 0.25) is 5.91 Å². The lowest BCUT2D eigenvalue weighted by Crippen LogP contribution is -2.13. The fourth-order valence-corrected chi connectivity index (χ4v) is 3.20. The van der Waals surface area contributed by atoms with Gasteiger partial charge in [-0.1, -0.05) is 23.2 Å². The number of hydrogen-bond donors (Lipinski definition) is 2. The first-order valence-electron chi connectivity index (χ1n) is 6.18. The van der Waals surface area contributed by atoms with Crippen molar-refractivity contribution in [2.75, 3.05) is 16.8 Å². The molecule has 21 heavy (non-hydrogen) atoms. The van der Waals surface area contributed by atoms with Gasteiger partial charge in [-0.05, 0) is 25.1 Å². The van der Waals surface area contributed by atoms with Crippen molar-refractivity contribution in [1.82, 2.24) is 0 Å². The van der Waals surface area contributed by atoms with Crippen LogP contribution >= 0.6 is 35.0 Å². The van der Waals surface area contributed by atoms with Gasteiger partial charge >= 0.3 is 0 Å². The zero-order chi connectivity index (χ0) is 15.4. The van der Waals surface area contributed by atoms with Gasteiger partial charge in [0.1, 0.15) is 5.76 Å². The third-order valence-electron chi connectivity index (χ3n) is 2.73. The van der Waals surface area contributed by atoms with E-state index in [4.69, 9.17) is 33.4 Å². The van der Waals surface area contributed by atoms with Crippen LogP contribution < -0.4 is 11.1 Å². The Balaban J connectivity index is 1.89. The van der Waals surface area contributed by atoms with Gasteiger partial charge in [-0.15, -0.1) is 11.8 Å². The van der Waals surface area contributed by atoms with Gasteiger partial charge in [0.25, 0.3) is 0 Å². The van der Waals surface area contributed by atoms with Crippen LogP contribution in [0.4, 0.5) is 11.4 Å². The Labute approximate surface area is 137 Å². The monoisotopic (exact) mass is 344 g/mol. The Kier molecular flexibility index (Phi) is 5.45. The molecule has 0 aliphatic rings. The number of nitrogen functional groups attached to an aromatic ring is 1. The number of carbonyl (C=O) groups is 1. The van der Waals surface area contributed by atoms with E-state index in [0.717, 1.165) is 10.7 Å². The number of benzene rings is 1. The van der Waals surface area contributed by atoms with E-state index in [9.17, 15) is 4.79 Å². The molecular weight excluding hydrogens is 331 g/mol. The van der Waals surface area contributed by atoms with Crippen LogP contribution in [-0.4, -0.2) is 11.7 Å². The standard InChI is InChI=1S/C14H14Cl2N2O2S/c1-8-12(2-4-20-8)21-5-3-13(19)18-14-10(15)6-9(17)7-11(14)16/h2,4,6-7H,3,5,17H2,1H3,(H,18,19). The lowest BCUT2D eigenvalue weighted by molar-refractivity contribution is -0.115. The SMILES string of the molecule is Cc1occc1SCCC(=O)Nc1c(Cl)cc(N)cc1Cl. The number of rotatable bonds is 5. The number of anilines is 2. The Morgan fingerprint density at radius 1 is 1.38 bits per heavy atom. The molecule has 0 unspecified atom stereocenters. The molecule has 0 atom stereocenters. The molecule has 112 valence electrons. The molecule has 7 heteroatoms. The highest BCUT2D eigenvalue weighted by Gasteiger charge is 2.11. The molecule has 1 amide bonds. The van der Waals surface area contributed by atoms with Crippen molar-refractivity contribution < 1.29 is 9.21 Å². The van der Waals surface area contributed by atoms with Gasteiger partial charge < -0.3 is 15.5 Å². The predicted octanol–water partition coefficient (Wildman–Crippen LogP) is 4.60. The zero-order valence-corrected chi connectivity index (χ0v) is 13.6. The fraction of sp³-hybridized carbons (Fsp3) is 0.214. The quantitative estimate of drug-likeness (QED) is 0.614. The molecule has 0 aliphatic heterocycles. The van der Waals surface area contributed by atoms with Gasteiger partial charge in [-0.2, -0.15) is 0 Å². The number of hydrogen-bond acceptors (Lipinski definition) is 4. The minimum Gasteiger partial charge on any atom is -0.468 e. The smallest absolute Gasteiger partial charge is 0.225 e. The van der Waals surface area contributed by atoms with Crippen molar-refractivity contribution in [2.45, 2.75) is 18.2 Å². The van der Waals surface area contributed by atoms with Crippen molar-refractivity contribution in [3.05, 3.63) is 40.3 Å². The lowest BCUT2D eigenvalue weighted by Gasteiger charge is -2.10. The number of amides is 1. The second-order valence-electron chi connectivity index (χ2n) is 4.35. The maximum atomic E-state index is 11.9. The minimum atomic E-state index is -0.155. The van der Waals surface area contributed by atoms with Crippen LogP contribution in [0, 0.1) is 6.92 Å². The van der Waals surface area contributed by atoms with Crippen LogP contribution in [0.5, 0.6) is 0 Å². The van der Waals surface area contributed by atoms with Crippen LogP contribution in [0.15, 0.2) is 33.8 Å². The Morgan fingerprint density at radius 2 is 2.05 bits per heavy atom. The second-order valence-corrected chi connectivity index (χ2v) is 6.30. The Hall–Kier alpha value is -1.30. The van der Waals surface area contributed by atoms with Crippen molar-refractivity contribution in [3.8, 4) is 0 Å². The van der Waals surface area contributed by atoms with Gasteiger partial charge in [-0.25, -0.2) is 0 Å². The first-order chi connectivity index (χ1) is 9.97. The van der Waals surface area contributed by atoms with Crippen molar-refractivity contribution >= 4 is 52.2 Å². The summed E-state index contributed by atoms with van der Waals surface area (Å²) in [6, 6.07) is 4.98. The molecule has 1 aromatic carbocycles. The van der Waals surface area contributed by atoms with Crippen molar-refractivity contribution in [3.63, 3.8) is 0 Å². The number of nitrogens with one attached hydrogen (secondary N) is 1. The topological polar surface area (TPSA) is 68.3 Å². The molecule has 0 aliphatic carbocycles. The number of furan rings is 1. The average Bonchev–Trinajstić information content (AvgIpc) is 2.80. The fourth-order valence-electron chi connectivity index (χ4n) is 1.69. The number of halogens is 2. The lowest BCUT2D eigenvalue weighted by atomic mass is 10.2. The molecule has 0 saturated carbocycles. The van der Waals surface area contributed by atoms with Gasteiger partial charge in [0.15, 0.2) is 0 Å². The van der Waals surface area contributed by atoms with Gasteiger partial charge in [0, 0.05) is 22.8 Å². The molecule has 2 rings (SSSR count). The highest BCUT2D eigenvalue weighted by atomic mass is 35.5. The van der Waals surface area contributed by atoms with E-state index in [0.29, 0.717) is 33.6 Å². The summed E-state index contributed by atoms with van der Waals surface area (Å²) in [6.07, 6.45) is 1.97. The second kappa shape index (κ2) is 7.11. The number of nitrogens with two attached hydrogens (primary N) is 1. The van der Waals surface area contributed by atoms with Gasteiger partial charge in [-0.3, -0.25) is 4.79 Å². The minimum absolute atomic E-state index is 0.155. The Bertz CT molecular complexity index is 635. The highest BCUT2D eigenvalue weighted by molar-refractivity contribution is 7.99. The van der Waals surface area contributed by atoms with E-state index >= 15 is 0 Å². The van der Waals surface area contributed by atoms with Gasteiger partial charge in [0.05, 0.1) is 22.0 Å². The highest BCUT2D eigenvalue weighted by Crippen LogP contribution is 2.33. The zero-order valence-electron chi connectivity index (χ0n) is 11.3. The first-order valence-corrected chi connectivity index (χ1v) is 7.93. The summed E-state index contributed by atoms with van der Waals surface area (Å²) in [4.78, 5) is 13.0. The molecule has 0 fully saturated rings. The van der Waals surface area contributed by atoms with Crippen molar-refractivity contribution in [2.24, 2.45) is 0 Å². The molecule has 3 N–H and O–H groups in total. The van der Waals surface area contributed by atoms with E-state index in [-0.39, 0.29) is 5.91 Å². The Morgan fingerprint density at radius 3 is 2.62 bits per heavy atom. The summed E-state index contributed by atoms with van der Waals surface area (Å²) < 4.78 is 5.19. The largest absolute Gasteiger partial charge is 0.468 e. The molecule has 4 nitrogen and oxygen atoms in total. The summed E-state index contributed by atoms with van der Waals surface area (Å²) in [7, 11) is 0. The molecule has 1 heterocycles. The van der Waals surface area contributed by atoms with E-state index in [1.165, 1.54) is 0 Å². The average molecular weight is 345 g/mol. The van der Waals surface area contributed by atoms with E-state index in [1.807, 2.05) is 13.0 Å². The number of thioether (sulfide) groups is 1. The van der Waals surface area contributed by atoms with Crippen LogP contribution in [0.1, 0.15) is 12.2 Å². The molecule has 0 bridgehead atoms. The van der Waals surface area contributed by atoms with Crippen LogP contribution in [0.25, 0.3) is 0 Å². The summed E-state index contributed by atoms with van der Waals surface area (Å²) in [5, 5.41) is 3.36. The van der Waals surface area contributed by atoms with Crippen LogP contribution in [-0.2, 0) is 4.79 Å². The van der Waals surface area contributed by atoms with E-state index < -0.39 is 0 Å². The normalized spacial score (nSPS) is 10.6. The number of aryl methyl sites for hydroxylation is 1. The molecule has 0 radical (unpaired) electrons. The van der Waals surface area contributed by atoms with E-state index in [1.54, 1.807) is 30.2 Å². The summed E-state index contributed by atoms with van der Waals surface area (Å²) in [5.74, 6) is 1.33. The summed E-state index contributed by atoms with van der Waals surface area (Å²) >= 11 is 13.6. The van der Waals surface area contributed by atoms with Crippen LogP contribution in [0.3, 0.4) is 0 Å². The summed E-state index contributed by atoms with van der Waals surface area (Å²) in [6.45, 7) is 1.89.